The van der Waals surface area contributed by atoms with Crippen LogP contribution in [0.1, 0.15) is 5.56 Å². The first kappa shape index (κ1) is 24.0. The Balaban J connectivity index is 1.71. The molecule has 1 fully saturated rings. The van der Waals surface area contributed by atoms with Crippen molar-refractivity contribution in [3.05, 3.63) is 54.1 Å². The topological polar surface area (TPSA) is 104 Å². The molecule has 0 spiro atoms. The third-order valence-electron chi connectivity index (χ3n) is 5.28. The Morgan fingerprint density at radius 3 is 2.12 bits per heavy atom. The molecule has 32 heavy (non-hydrogen) atoms. The standard InChI is InChI=1S/C21H27N3O6S2/c1-17-8-10-18(11-9-17)32(28,29)23-14-12-22(13-15-23)21(25)16-24(31(3,26)27)19-6-4-5-7-20(19)30-2/h4-11H,12-16H2,1-3H3. The van der Waals surface area contributed by atoms with Crippen LogP contribution in [0.3, 0.4) is 0 Å². The van der Waals surface area contributed by atoms with Crippen molar-refractivity contribution in [1.82, 2.24) is 9.21 Å². The number of ether oxygens (including phenoxy) is 1. The van der Waals surface area contributed by atoms with Crippen LogP contribution in [0.25, 0.3) is 0 Å². The van der Waals surface area contributed by atoms with E-state index in [-0.39, 0.29) is 36.8 Å². The fourth-order valence-electron chi connectivity index (χ4n) is 3.48. The Morgan fingerprint density at radius 1 is 0.969 bits per heavy atom. The zero-order valence-electron chi connectivity index (χ0n) is 18.3. The lowest BCUT2D eigenvalue weighted by atomic mass is 10.2. The molecule has 0 aromatic heterocycles. The minimum atomic E-state index is -3.76. The van der Waals surface area contributed by atoms with Gasteiger partial charge in [-0.05, 0) is 31.2 Å². The molecule has 1 amide bonds. The lowest BCUT2D eigenvalue weighted by Crippen LogP contribution is -2.53. The normalized spacial score (nSPS) is 15.4. The highest BCUT2D eigenvalue weighted by Crippen LogP contribution is 2.29. The van der Waals surface area contributed by atoms with Crippen LogP contribution < -0.4 is 9.04 Å². The molecule has 2 aromatic rings. The van der Waals surface area contributed by atoms with E-state index in [4.69, 9.17) is 4.74 Å². The fraction of sp³-hybridized carbons (Fsp3) is 0.381. The summed E-state index contributed by atoms with van der Waals surface area (Å²) in [5, 5.41) is 0. The predicted molar refractivity (Wildman–Crippen MR) is 122 cm³/mol. The van der Waals surface area contributed by atoms with Crippen LogP contribution in [0, 0.1) is 6.92 Å². The van der Waals surface area contributed by atoms with Crippen LogP contribution >= 0.6 is 0 Å². The Morgan fingerprint density at radius 2 is 1.56 bits per heavy atom. The number of carbonyl (C=O) groups is 1. The average Bonchev–Trinajstić information content (AvgIpc) is 2.77. The zero-order chi connectivity index (χ0) is 23.5. The Bertz CT molecular complexity index is 1170. The van der Waals surface area contributed by atoms with E-state index in [9.17, 15) is 21.6 Å². The number of amides is 1. The minimum Gasteiger partial charge on any atom is -0.495 e. The summed E-state index contributed by atoms with van der Waals surface area (Å²) in [5.41, 5.74) is 1.23. The molecule has 0 saturated carbocycles. The zero-order valence-corrected chi connectivity index (χ0v) is 19.9. The number of rotatable bonds is 7. The van der Waals surface area contributed by atoms with Crippen LogP contribution in [0.15, 0.2) is 53.4 Å². The molecule has 0 aliphatic carbocycles. The van der Waals surface area contributed by atoms with E-state index in [1.165, 1.54) is 16.3 Å². The van der Waals surface area contributed by atoms with E-state index >= 15 is 0 Å². The number of para-hydroxylation sites is 2. The molecule has 1 heterocycles. The summed E-state index contributed by atoms with van der Waals surface area (Å²) >= 11 is 0. The van der Waals surface area contributed by atoms with Crippen LogP contribution in [0.2, 0.25) is 0 Å². The van der Waals surface area contributed by atoms with Gasteiger partial charge in [-0.25, -0.2) is 16.8 Å². The molecule has 3 rings (SSSR count). The maximum absolute atomic E-state index is 12.9. The molecule has 0 atom stereocenters. The van der Waals surface area contributed by atoms with Gasteiger partial charge >= 0.3 is 0 Å². The average molecular weight is 482 g/mol. The van der Waals surface area contributed by atoms with Crippen LogP contribution in [0.4, 0.5) is 5.69 Å². The molecule has 0 bridgehead atoms. The maximum atomic E-state index is 12.9. The third-order valence-corrected chi connectivity index (χ3v) is 8.32. The largest absolute Gasteiger partial charge is 0.495 e. The van der Waals surface area contributed by atoms with E-state index in [1.807, 2.05) is 6.92 Å². The minimum absolute atomic E-state index is 0.134. The fourth-order valence-corrected chi connectivity index (χ4v) is 5.75. The number of methoxy groups -OCH3 is 1. The number of anilines is 1. The SMILES string of the molecule is COc1ccccc1N(CC(=O)N1CCN(S(=O)(=O)c2ccc(C)cc2)CC1)S(C)(=O)=O. The summed E-state index contributed by atoms with van der Waals surface area (Å²) in [6, 6.07) is 13.2. The number of carbonyl (C=O) groups excluding carboxylic acids is 1. The number of aryl methyl sites for hydroxylation is 1. The number of piperazine rings is 1. The van der Waals surface area contributed by atoms with Crippen LogP contribution in [-0.4, -0.2) is 78.0 Å². The number of sulfonamides is 2. The molecule has 2 aromatic carbocycles. The highest BCUT2D eigenvalue weighted by Gasteiger charge is 2.32. The monoisotopic (exact) mass is 481 g/mol. The quantitative estimate of drug-likeness (QED) is 0.591. The van der Waals surface area contributed by atoms with Gasteiger partial charge in [0.05, 0.1) is 23.9 Å². The number of benzene rings is 2. The van der Waals surface area contributed by atoms with Crippen molar-refractivity contribution >= 4 is 31.6 Å². The highest BCUT2D eigenvalue weighted by molar-refractivity contribution is 7.92. The van der Waals surface area contributed by atoms with E-state index < -0.39 is 32.5 Å². The molecule has 1 aliphatic rings. The summed E-state index contributed by atoms with van der Waals surface area (Å²) in [5.74, 6) is -0.0755. The summed E-state index contributed by atoms with van der Waals surface area (Å²) in [6.45, 7) is 2.10. The van der Waals surface area contributed by atoms with Gasteiger partial charge in [-0.3, -0.25) is 9.10 Å². The molecular formula is C21H27N3O6S2. The van der Waals surface area contributed by atoms with Crippen molar-refractivity contribution < 1.29 is 26.4 Å². The Labute approximate surface area is 189 Å². The second kappa shape index (κ2) is 9.47. The van der Waals surface area contributed by atoms with Gasteiger partial charge in [-0.15, -0.1) is 0 Å². The van der Waals surface area contributed by atoms with Crippen LogP contribution in [-0.2, 0) is 24.8 Å². The van der Waals surface area contributed by atoms with Crippen molar-refractivity contribution in [2.24, 2.45) is 0 Å². The Hall–Kier alpha value is -2.63. The van der Waals surface area contributed by atoms with Crippen molar-refractivity contribution in [3.8, 4) is 5.75 Å². The summed E-state index contributed by atoms with van der Waals surface area (Å²) in [7, 11) is -5.99. The van der Waals surface area contributed by atoms with Gasteiger partial charge in [-0.2, -0.15) is 4.31 Å². The lowest BCUT2D eigenvalue weighted by molar-refractivity contribution is -0.130. The van der Waals surface area contributed by atoms with Crippen molar-refractivity contribution in [2.45, 2.75) is 11.8 Å². The second-order valence-electron chi connectivity index (χ2n) is 7.54. The maximum Gasteiger partial charge on any atom is 0.243 e. The summed E-state index contributed by atoms with van der Waals surface area (Å²) in [4.78, 5) is 14.6. The van der Waals surface area contributed by atoms with Crippen molar-refractivity contribution in [1.29, 1.82) is 0 Å². The van der Waals surface area contributed by atoms with Crippen LogP contribution in [0.5, 0.6) is 5.75 Å². The number of hydrogen-bond acceptors (Lipinski definition) is 6. The Kier molecular flexibility index (Phi) is 7.11. The first-order valence-corrected chi connectivity index (χ1v) is 13.3. The molecule has 0 radical (unpaired) electrons. The summed E-state index contributed by atoms with van der Waals surface area (Å²) < 4.78 is 58.1. The smallest absolute Gasteiger partial charge is 0.243 e. The molecular weight excluding hydrogens is 454 g/mol. The first-order chi connectivity index (χ1) is 15.0. The molecule has 0 N–H and O–H groups in total. The predicted octanol–water partition coefficient (Wildman–Crippen LogP) is 1.30. The van der Waals surface area contributed by atoms with Crippen molar-refractivity contribution in [3.63, 3.8) is 0 Å². The van der Waals surface area contributed by atoms with Gasteiger partial charge in [0.1, 0.15) is 12.3 Å². The second-order valence-corrected chi connectivity index (χ2v) is 11.4. The van der Waals surface area contributed by atoms with E-state index in [1.54, 1.807) is 48.5 Å². The molecule has 9 nitrogen and oxygen atoms in total. The van der Waals surface area contributed by atoms with Gasteiger partial charge in [0.2, 0.25) is 26.0 Å². The van der Waals surface area contributed by atoms with Gasteiger partial charge in [0.15, 0.2) is 0 Å². The number of nitrogens with zero attached hydrogens (tertiary/aromatic N) is 3. The third kappa shape index (κ3) is 5.22. The van der Waals surface area contributed by atoms with E-state index in [2.05, 4.69) is 0 Å². The van der Waals surface area contributed by atoms with Gasteiger partial charge in [0, 0.05) is 26.2 Å². The molecule has 1 saturated heterocycles. The first-order valence-electron chi connectivity index (χ1n) is 9.99. The van der Waals surface area contributed by atoms with Gasteiger partial charge in [-0.1, -0.05) is 29.8 Å². The van der Waals surface area contributed by atoms with Gasteiger partial charge in [0.25, 0.3) is 0 Å². The highest BCUT2D eigenvalue weighted by atomic mass is 32.2. The van der Waals surface area contributed by atoms with Gasteiger partial charge < -0.3 is 9.64 Å². The van der Waals surface area contributed by atoms with Crippen molar-refractivity contribution in [2.75, 3.05) is 50.4 Å². The van der Waals surface area contributed by atoms with E-state index in [0.29, 0.717) is 5.75 Å². The van der Waals surface area contributed by atoms with E-state index in [0.717, 1.165) is 16.1 Å². The summed E-state index contributed by atoms with van der Waals surface area (Å²) in [6.07, 6.45) is 1.03. The molecule has 11 heteroatoms. The number of hydrogen-bond donors (Lipinski definition) is 0. The molecule has 0 unspecified atom stereocenters. The molecule has 174 valence electrons. The lowest BCUT2D eigenvalue weighted by Gasteiger charge is -2.35. The molecule has 1 aliphatic heterocycles.